The second-order valence-electron chi connectivity index (χ2n) is 3.59. The average molecular weight is 207 g/mol. The minimum atomic E-state index is -0.609. The van der Waals surface area contributed by atoms with Crippen molar-refractivity contribution in [1.29, 1.82) is 5.26 Å². The average Bonchev–Trinajstić information content (AvgIpc) is 2.68. The Labute approximate surface area is 90.0 Å². The second-order valence-corrected chi connectivity index (χ2v) is 3.59. The van der Waals surface area contributed by atoms with Gasteiger partial charge in [0, 0.05) is 6.42 Å². The molecule has 0 aliphatic heterocycles. The second kappa shape index (κ2) is 5.52. The maximum atomic E-state index is 9.66. The van der Waals surface area contributed by atoms with Gasteiger partial charge in [0.15, 0.2) is 5.69 Å². The van der Waals surface area contributed by atoms with Gasteiger partial charge in [-0.15, -0.1) is 0 Å². The largest absolute Gasteiger partial charge is 0.387 e. The van der Waals surface area contributed by atoms with Crippen LogP contribution in [-0.2, 0) is 6.42 Å². The third kappa shape index (κ3) is 2.80. The lowest BCUT2D eigenvalue weighted by Crippen LogP contribution is -1.98. The van der Waals surface area contributed by atoms with Crippen molar-refractivity contribution in [1.82, 2.24) is 9.97 Å². The fourth-order valence-electron chi connectivity index (χ4n) is 1.43. The number of nitrogens with one attached hydrogen (secondary N) is 1. The predicted octanol–water partition coefficient (Wildman–Crippen LogP) is 2.07. The Kier molecular flexibility index (Phi) is 4.32. The van der Waals surface area contributed by atoms with Gasteiger partial charge in [0.05, 0.1) is 11.8 Å². The molecule has 1 heterocycles. The van der Waals surface area contributed by atoms with Crippen molar-refractivity contribution in [2.75, 3.05) is 0 Å². The zero-order chi connectivity index (χ0) is 11.3. The minimum Gasteiger partial charge on any atom is -0.387 e. The summed E-state index contributed by atoms with van der Waals surface area (Å²) in [6.07, 6.45) is 2.95. The minimum absolute atomic E-state index is 0.329. The molecule has 0 saturated carbocycles. The van der Waals surface area contributed by atoms with Crippen LogP contribution < -0.4 is 0 Å². The number of aryl methyl sites for hydroxylation is 1. The number of nitrogens with zero attached hydrogens (tertiary/aromatic N) is 2. The summed E-state index contributed by atoms with van der Waals surface area (Å²) >= 11 is 0. The molecule has 0 aliphatic carbocycles. The fourth-order valence-corrected chi connectivity index (χ4v) is 1.43. The van der Waals surface area contributed by atoms with Crippen molar-refractivity contribution in [2.45, 2.75) is 45.6 Å². The van der Waals surface area contributed by atoms with E-state index < -0.39 is 6.10 Å². The van der Waals surface area contributed by atoms with Crippen LogP contribution >= 0.6 is 0 Å². The lowest BCUT2D eigenvalue weighted by molar-refractivity contribution is 0.169. The molecule has 2 N–H and O–H groups in total. The first-order chi connectivity index (χ1) is 7.22. The molecular formula is C11H17N3O. The van der Waals surface area contributed by atoms with Gasteiger partial charge in [-0.25, -0.2) is 4.98 Å². The molecule has 1 aromatic heterocycles. The number of hydrogen-bond acceptors (Lipinski definition) is 3. The van der Waals surface area contributed by atoms with E-state index in [1.165, 1.54) is 0 Å². The van der Waals surface area contributed by atoms with E-state index in [9.17, 15) is 5.11 Å². The Morgan fingerprint density at radius 2 is 2.27 bits per heavy atom. The zero-order valence-electron chi connectivity index (χ0n) is 9.25. The van der Waals surface area contributed by atoms with Crippen molar-refractivity contribution in [3.63, 3.8) is 0 Å². The first-order valence-corrected chi connectivity index (χ1v) is 5.39. The topological polar surface area (TPSA) is 72.7 Å². The van der Waals surface area contributed by atoms with Crippen molar-refractivity contribution in [2.24, 2.45) is 0 Å². The Balaban J connectivity index is 2.86. The fraction of sp³-hybridized carbons (Fsp3) is 0.636. The third-order valence-electron chi connectivity index (χ3n) is 2.37. The molecule has 0 aromatic carbocycles. The lowest BCUT2D eigenvalue weighted by Gasteiger charge is -2.03. The molecule has 4 heteroatoms. The van der Waals surface area contributed by atoms with Crippen LogP contribution in [0.3, 0.4) is 0 Å². The molecule has 1 atom stereocenters. The molecule has 0 radical (unpaired) electrons. The maximum absolute atomic E-state index is 9.66. The van der Waals surface area contributed by atoms with E-state index in [1.54, 1.807) is 0 Å². The number of nitriles is 1. The van der Waals surface area contributed by atoms with Crippen LogP contribution in [0.1, 0.15) is 56.4 Å². The Bertz CT molecular complexity index is 351. The van der Waals surface area contributed by atoms with E-state index in [1.807, 2.05) is 13.0 Å². The van der Waals surface area contributed by atoms with Crippen LogP contribution in [-0.4, -0.2) is 15.1 Å². The highest BCUT2D eigenvalue weighted by molar-refractivity contribution is 5.29. The summed E-state index contributed by atoms with van der Waals surface area (Å²) in [5.41, 5.74) is 0.890. The standard InChI is InChI=1S/C11H17N3O/c1-3-5-6-10-13-8(7-12)11(14-10)9(15)4-2/h9,15H,3-6H2,1-2H3,(H,13,14). The van der Waals surface area contributed by atoms with Gasteiger partial charge in [-0.2, -0.15) is 5.26 Å². The van der Waals surface area contributed by atoms with Gasteiger partial charge >= 0.3 is 0 Å². The van der Waals surface area contributed by atoms with Crippen molar-refractivity contribution >= 4 is 0 Å². The number of hydrogen-bond donors (Lipinski definition) is 2. The number of aliphatic hydroxyl groups excluding tert-OH is 1. The van der Waals surface area contributed by atoms with Crippen molar-refractivity contribution in [3.05, 3.63) is 17.2 Å². The molecule has 1 unspecified atom stereocenters. The van der Waals surface area contributed by atoms with Gasteiger partial charge in [-0.1, -0.05) is 20.3 Å². The summed E-state index contributed by atoms with van der Waals surface area (Å²) in [7, 11) is 0. The van der Waals surface area contributed by atoms with E-state index in [0.717, 1.165) is 25.1 Å². The number of rotatable bonds is 5. The number of unbranched alkanes of at least 4 members (excludes halogenated alkanes) is 1. The predicted molar refractivity (Wildman–Crippen MR) is 57.2 cm³/mol. The number of H-pyrrole nitrogens is 1. The number of aliphatic hydroxyl groups is 1. The molecular weight excluding hydrogens is 190 g/mol. The number of aromatic amines is 1. The maximum Gasteiger partial charge on any atom is 0.164 e. The number of aromatic nitrogens is 2. The van der Waals surface area contributed by atoms with Crippen LogP contribution in [0.4, 0.5) is 0 Å². The summed E-state index contributed by atoms with van der Waals surface area (Å²) in [5.74, 6) is 0.802. The van der Waals surface area contributed by atoms with E-state index >= 15 is 0 Å². The SMILES string of the molecule is CCCCc1nc(C#N)c(C(O)CC)[nH]1. The van der Waals surface area contributed by atoms with Crippen LogP contribution in [0.25, 0.3) is 0 Å². The van der Waals surface area contributed by atoms with E-state index in [2.05, 4.69) is 16.9 Å². The monoisotopic (exact) mass is 207 g/mol. The highest BCUT2D eigenvalue weighted by Gasteiger charge is 2.15. The van der Waals surface area contributed by atoms with Crippen LogP contribution in [0.2, 0.25) is 0 Å². The van der Waals surface area contributed by atoms with Gasteiger partial charge in [-0.3, -0.25) is 0 Å². The van der Waals surface area contributed by atoms with Crippen LogP contribution in [0.5, 0.6) is 0 Å². The zero-order valence-corrected chi connectivity index (χ0v) is 9.25. The van der Waals surface area contributed by atoms with E-state index in [4.69, 9.17) is 5.26 Å². The Morgan fingerprint density at radius 1 is 1.53 bits per heavy atom. The molecule has 0 amide bonds. The Morgan fingerprint density at radius 3 is 2.80 bits per heavy atom. The normalized spacial score (nSPS) is 12.4. The molecule has 15 heavy (non-hydrogen) atoms. The quantitative estimate of drug-likeness (QED) is 0.776. The summed E-state index contributed by atoms with van der Waals surface area (Å²) in [4.78, 5) is 7.19. The van der Waals surface area contributed by atoms with E-state index in [-0.39, 0.29) is 0 Å². The van der Waals surface area contributed by atoms with Crippen molar-refractivity contribution in [3.8, 4) is 6.07 Å². The van der Waals surface area contributed by atoms with Gasteiger partial charge in [0.1, 0.15) is 11.9 Å². The summed E-state index contributed by atoms with van der Waals surface area (Å²) < 4.78 is 0. The smallest absolute Gasteiger partial charge is 0.164 e. The van der Waals surface area contributed by atoms with Crippen LogP contribution in [0.15, 0.2) is 0 Å². The Hall–Kier alpha value is -1.34. The molecule has 0 aliphatic rings. The molecule has 0 bridgehead atoms. The van der Waals surface area contributed by atoms with Gasteiger partial charge in [0.2, 0.25) is 0 Å². The summed E-state index contributed by atoms with van der Waals surface area (Å²) in [6.45, 7) is 3.98. The molecule has 1 aromatic rings. The number of imidazole rings is 1. The molecule has 4 nitrogen and oxygen atoms in total. The molecule has 82 valence electrons. The third-order valence-corrected chi connectivity index (χ3v) is 2.37. The van der Waals surface area contributed by atoms with Gasteiger partial charge in [-0.05, 0) is 12.8 Å². The lowest BCUT2D eigenvalue weighted by atomic mass is 10.2. The highest BCUT2D eigenvalue weighted by atomic mass is 16.3. The molecule has 0 spiro atoms. The molecule has 1 rings (SSSR count). The van der Waals surface area contributed by atoms with Gasteiger partial charge < -0.3 is 10.1 Å². The first-order valence-electron chi connectivity index (χ1n) is 5.39. The summed E-state index contributed by atoms with van der Waals surface area (Å²) in [6, 6.07) is 2.01. The summed E-state index contributed by atoms with van der Waals surface area (Å²) in [5, 5.41) is 18.5. The van der Waals surface area contributed by atoms with Crippen molar-refractivity contribution < 1.29 is 5.11 Å². The van der Waals surface area contributed by atoms with E-state index in [0.29, 0.717) is 17.8 Å². The molecule has 0 fully saturated rings. The molecule has 0 saturated heterocycles. The highest BCUT2D eigenvalue weighted by Crippen LogP contribution is 2.18. The first kappa shape index (κ1) is 11.7. The van der Waals surface area contributed by atoms with Crippen LogP contribution in [0, 0.1) is 11.3 Å². The van der Waals surface area contributed by atoms with Gasteiger partial charge in [0.25, 0.3) is 0 Å².